The highest BCUT2D eigenvalue weighted by Crippen LogP contribution is 2.36. The molecular formula is C23H23N3O. The maximum absolute atomic E-state index is 5.50. The number of nitrogens with zero attached hydrogens (tertiary/aromatic N) is 2. The predicted molar refractivity (Wildman–Crippen MR) is 110 cm³/mol. The van der Waals surface area contributed by atoms with E-state index in [1.54, 1.807) is 7.11 Å². The molecule has 0 unspecified atom stereocenters. The molecule has 136 valence electrons. The Morgan fingerprint density at radius 2 is 1.96 bits per heavy atom. The third kappa shape index (κ3) is 3.10. The van der Waals surface area contributed by atoms with Crippen LogP contribution in [0.3, 0.4) is 0 Å². The van der Waals surface area contributed by atoms with Gasteiger partial charge in [0.1, 0.15) is 11.6 Å². The summed E-state index contributed by atoms with van der Waals surface area (Å²) in [5.74, 6) is 1.90. The first-order valence-corrected chi connectivity index (χ1v) is 8.96. The summed E-state index contributed by atoms with van der Waals surface area (Å²) < 4.78 is 7.62. The van der Waals surface area contributed by atoms with Crippen LogP contribution in [0.5, 0.6) is 5.75 Å². The number of fused-ring (bicyclic) bond motifs is 1. The smallest absolute Gasteiger partial charge is 0.123 e. The van der Waals surface area contributed by atoms with E-state index in [-0.39, 0.29) is 0 Å². The van der Waals surface area contributed by atoms with Gasteiger partial charge in [-0.25, -0.2) is 0 Å². The topological polar surface area (TPSA) is 29.4 Å². The van der Waals surface area contributed by atoms with Gasteiger partial charge in [0.25, 0.3) is 0 Å². The van der Waals surface area contributed by atoms with Gasteiger partial charge in [-0.3, -0.25) is 0 Å². The Balaban J connectivity index is 1.76. The van der Waals surface area contributed by atoms with Gasteiger partial charge in [0.2, 0.25) is 0 Å². The van der Waals surface area contributed by atoms with Crippen LogP contribution in [-0.2, 0) is 13.6 Å². The van der Waals surface area contributed by atoms with Crippen LogP contribution in [-0.4, -0.2) is 16.6 Å². The van der Waals surface area contributed by atoms with Gasteiger partial charge in [-0.1, -0.05) is 30.9 Å². The first-order chi connectivity index (χ1) is 13.2. The van der Waals surface area contributed by atoms with Gasteiger partial charge in [-0.05, 0) is 42.0 Å². The van der Waals surface area contributed by atoms with E-state index >= 15 is 0 Å². The summed E-state index contributed by atoms with van der Waals surface area (Å²) in [6.45, 7) is 4.98. The molecule has 27 heavy (non-hydrogen) atoms. The van der Waals surface area contributed by atoms with Crippen LogP contribution < -0.4 is 10.1 Å². The van der Waals surface area contributed by atoms with Crippen molar-refractivity contribution in [3.8, 4) is 5.75 Å². The van der Waals surface area contributed by atoms with Gasteiger partial charge >= 0.3 is 0 Å². The third-order valence-electron chi connectivity index (χ3n) is 4.85. The Bertz CT molecular complexity index is 1000. The number of hydrogen-bond donors (Lipinski definition) is 1. The van der Waals surface area contributed by atoms with Gasteiger partial charge in [0.15, 0.2) is 0 Å². The number of aryl methyl sites for hydroxylation is 1. The van der Waals surface area contributed by atoms with Crippen LogP contribution in [0.4, 0.5) is 0 Å². The lowest BCUT2D eigenvalue weighted by molar-refractivity contribution is 0.407. The lowest BCUT2D eigenvalue weighted by atomic mass is 9.97. The summed E-state index contributed by atoms with van der Waals surface area (Å²) in [5.41, 5.74) is 5.42. The molecule has 0 saturated carbocycles. The van der Waals surface area contributed by atoms with Crippen LogP contribution in [0, 0.1) is 0 Å². The first-order valence-electron chi connectivity index (χ1n) is 8.96. The number of ether oxygens (including phenoxy) is 1. The first kappa shape index (κ1) is 17.0. The zero-order valence-electron chi connectivity index (χ0n) is 15.6. The molecule has 1 aromatic carbocycles. The average Bonchev–Trinajstić information content (AvgIpc) is 3.11. The normalized spacial score (nSPS) is 15.7. The molecule has 0 radical (unpaired) electrons. The lowest BCUT2D eigenvalue weighted by Crippen LogP contribution is -2.31. The van der Waals surface area contributed by atoms with E-state index in [1.807, 2.05) is 30.4 Å². The minimum absolute atomic E-state index is 0.655. The molecule has 4 nitrogen and oxygen atoms in total. The maximum Gasteiger partial charge on any atom is 0.123 e. The summed E-state index contributed by atoms with van der Waals surface area (Å²) in [6, 6.07) is 12.2. The number of aromatic nitrogens is 1. The number of allylic oxidation sites excluding steroid dienone is 6. The molecule has 0 spiro atoms. The molecule has 4 heteroatoms. The number of methoxy groups -OCH3 is 1. The Morgan fingerprint density at radius 3 is 2.74 bits per heavy atom. The van der Waals surface area contributed by atoms with Gasteiger partial charge in [-0.15, -0.1) is 0 Å². The molecule has 4 rings (SSSR count). The average molecular weight is 357 g/mol. The van der Waals surface area contributed by atoms with Crippen molar-refractivity contribution >= 4 is 5.57 Å². The number of benzene rings is 1. The fraction of sp³-hybridized carbons (Fsp3) is 0.130. The molecule has 0 saturated heterocycles. The van der Waals surface area contributed by atoms with E-state index in [4.69, 9.17) is 4.74 Å². The van der Waals surface area contributed by atoms with Crippen molar-refractivity contribution in [3.05, 3.63) is 108 Å². The highest BCUT2D eigenvalue weighted by Gasteiger charge is 2.25. The minimum Gasteiger partial charge on any atom is -0.496 e. The fourth-order valence-electron chi connectivity index (χ4n) is 3.51. The van der Waals surface area contributed by atoms with E-state index in [1.165, 1.54) is 0 Å². The SMILES string of the molecule is C=C1C=C2C=CC=CN2C(NCc2ccccc2OC)=C1c1cccn1C. The lowest BCUT2D eigenvalue weighted by Gasteiger charge is -2.34. The molecule has 2 aliphatic rings. The molecule has 0 atom stereocenters. The Kier molecular flexibility index (Phi) is 4.47. The van der Waals surface area contributed by atoms with E-state index in [0.717, 1.165) is 39.7 Å². The maximum atomic E-state index is 5.50. The second-order valence-electron chi connectivity index (χ2n) is 6.56. The van der Waals surface area contributed by atoms with E-state index in [9.17, 15) is 0 Å². The second-order valence-corrected chi connectivity index (χ2v) is 6.56. The van der Waals surface area contributed by atoms with Crippen molar-refractivity contribution in [2.75, 3.05) is 7.11 Å². The minimum atomic E-state index is 0.655. The van der Waals surface area contributed by atoms with Crippen molar-refractivity contribution in [1.29, 1.82) is 0 Å². The van der Waals surface area contributed by atoms with Crippen molar-refractivity contribution in [1.82, 2.24) is 14.8 Å². The highest BCUT2D eigenvalue weighted by molar-refractivity contribution is 5.84. The Hall–Kier alpha value is -3.40. The van der Waals surface area contributed by atoms with E-state index in [0.29, 0.717) is 6.54 Å². The van der Waals surface area contributed by atoms with Crippen LogP contribution >= 0.6 is 0 Å². The quantitative estimate of drug-likeness (QED) is 0.864. The van der Waals surface area contributed by atoms with Crippen LogP contribution in [0.25, 0.3) is 5.57 Å². The van der Waals surface area contributed by atoms with Gasteiger partial charge in [0, 0.05) is 42.8 Å². The third-order valence-corrected chi connectivity index (χ3v) is 4.85. The van der Waals surface area contributed by atoms with Crippen molar-refractivity contribution in [2.45, 2.75) is 6.54 Å². The molecule has 0 fully saturated rings. The summed E-state index contributed by atoms with van der Waals surface area (Å²) >= 11 is 0. The largest absolute Gasteiger partial charge is 0.496 e. The zero-order valence-corrected chi connectivity index (χ0v) is 15.6. The van der Waals surface area contributed by atoms with E-state index in [2.05, 4.69) is 71.2 Å². The van der Waals surface area contributed by atoms with E-state index < -0.39 is 0 Å². The predicted octanol–water partition coefficient (Wildman–Crippen LogP) is 4.33. The zero-order chi connectivity index (χ0) is 18.8. The fourth-order valence-corrected chi connectivity index (χ4v) is 3.51. The highest BCUT2D eigenvalue weighted by atomic mass is 16.5. The Labute approximate surface area is 160 Å². The molecular weight excluding hydrogens is 334 g/mol. The monoisotopic (exact) mass is 357 g/mol. The van der Waals surface area contributed by atoms with Crippen LogP contribution in [0.2, 0.25) is 0 Å². The molecule has 2 aliphatic heterocycles. The van der Waals surface area contributed by atoms with Crippen LogP contribution in [0.1, 0.15) is 11.3 Å². The number of hydrogen-bond acceptors (Lipinski definition) is 3. The molecule has 3 heterocycles. The Morgan fingerprint density at radius 1 is 1.11 bits per heavy atom. The summed E-state index contributed by atoms with van der Waals surface area (Å²) in [6.07, 6.45) is 12.4. The van der Waals surface area contributed by atoms with Gasteiger partial charge in [0.05, 0.1) is 12.8 Å². The summed E-state index contributed by atoms with van der Waals surface area (Å²) in [4.78, 5) is 2.17. The molecule has 0 bridgehead atoms. The molecule has 1 aromatic heterocycles. The molecule has 2 aromatic rings. The van der Waals surface area contributed by atoms with Gasteiger partial charge in [-0.2, -0.15) is 0 Å². The van der Waals surface area contributed by atoms with Crippen LogP contribution in [0.15, 0.2) is 96.8 Å². The number of nitrogens with one attached hydrogen (secondary N) is 1. The standard InChI is InChI=1S/C23H23N3O/c1-17-15-19-10-6-7-14-26(19)23(22(17)20-11-8-13-25(20)2)24-16-18-9-4-5-12-21(18)27-3/h4-15,24H,1,16H2,2-3H3. The molecule has 1 N–H and O–H groups in total. The number of para-hydroxylation sites is 1. The van der Waals surface area contributed by atoms with Crippen molar-refractivity contribution in [3.63, 3.8) is 0 Å². The molecule has 0 amide bonds. The van der Waals surface area contributed by atoms with Crippen molar-refractivity contribution < 1.29 is 4.74 Å². The summed E-state index contributed by atoms with van der Waals surface area (Å²) in [5, 5.41) is 3.63. The molecule has 0 aliphatic carbocycles. The summed E-state index contributed by atoms with van der Waals surface area (Å²) in [7, 11) is 3.76. The van der Waals surface area contributed by atoms with Crippen molar-refractivity contribution in [2.24, 2.45) is 7.05 Å². The second kappa shape index (κ2) is 7.08. The van der Waals surface area contributed by atoms with Gasteiger partial charge < -0.3 is 19.5 Å². The number of rotatable bonds is 5.